The van der Waals surface area contributed by atoms with E-state index < -0.39 is 0 Å². The fraction of sp³-hybridized carbons (Fsp3) is 0.571. The molecule has 16 heavy (non-hydrogen) atoms. The topological polar surface area (TPSA) is 12.0 Å². The summed E-state index contributed by atoms with van der Waals surface area (Å²) in [5, 5.41) is 3.69. The zero-order valence-electron chi connectivity index (χ0n) is 9.99. The van der Waals surface area contributed by atoms with Crippen LogP contribution in [0.1, 0.15) is 38.2 Å². The van der Waals surface area contributed by atoms with Crippen LogP contribution in [0, 0.1) is 0 Å². The summed E-state index contributed by atoms with van der Waals surface area (Å²) in [7, 11) is 0. The minimum Gasteiger partial charge on any atom is -0.311 e. The van der Waals surface area contributed by atoms with Gasteiger partial charge in [0.1, 0.15) is 0 Å². The molecule has 1 heterocycles. The van der Waals surface area contributed by atoms with E-state index in [1.165, 1.54) is 37.7 Å². The number of hydrogen-bond donors (Lipinski definition) is 1. The maximum Gasteiger partial charge on any atom is 0.00727 e. The van der Waals surface area contributed by atoms with Gasteiger partial charge in [-0.05, 0) is 38.2 Å². The van der Waals surface area contributed by atoms with Crippen molar-refractivity contribution in [3.63, 3.8) is 0 Å². The summed E-state index contributed by atoms with van der Waals surface area (Å²) in [5.74, 6) is 0. The third-order valence-electron chi connectivity index (χ3n) is 3.33. The third kappa shape index (κ3) is 4.15. The molecule has 0 spiro atoms. The van der Waals surface area contributed by atoms with Crippen molar-refractivity contribution in [2.75, 3.05) is 0 Å². The quantitative estimate of drug-likeness (QED) is 0.851. The molecule has 0 radical (unpaired) electrons. The van der Waals surface area contributed by atoms with E-state index in [0.717, 1.165) is 12.1 Å². The fourth-order valence-corrected chi connectivity index (χ4v) is 2.45. The molecular formula is C14H22ClN. The molecule has 1 aliphatic heterocycles. The highest BCUT2D eigenvalue weighted by atomic mass is 35.5. The first-order valence-corrected chi connectivity index (χ1v) is 6.14. The van der Waals surface area contributed by atoms with Crippen LogP contribution in [0.15, 0.2) is 30.3 Å². The number of benzene rings is 1. The lowest BCUT2D eigenvalue weighted by molar-refractivity contribution is 0.322. The number of aryl methyl sites for hydroxylation is 1. The van der Waals surface area contributed by atoms with Gasteiger partial charge in [-0.15, -0.1) is 12.4 Å². The molecule has 0 bridgehead atoms. The summed E-state index contributed by atoms with van der Waals surface area (Å²) >= 11 is 0. The van der Waals surface area contributed by atoms with Crippen LogP contribution in [0.25, 0.3) is 0 Å². The molecule has 2 heteroatoms. The Bertz CT molecular complexity index is 286. The van der Waals surface area contributed by atoms with Crippen molar-refractivity contribution in [1.82, 2.24) is 5.32 Å². The lowest BCUT2D eigenvalue weighted by Crippen LogP contribution is -2.40. The molecule has 90 valence electrons. The van der Waals surface area contributed by atoms with Crippen LogP contribution in [0.2, 0.25) is 0 Å². The predicted octanol–water partition coefficient (Wildman–Crippen LogP) is 3.57. The first-order valence-electron chi connectivity index (χ1n) is 6.14. The Hall–Kier alpha value is -0.530. The molecule has 0 unspecified atom stereocenters. The maximum absolute atomic E-state index is 3.69. The van der Waals surface area contributed by atoms with Gasteiger partial charge in [-0.2, -0.15) is 0 Å². The Balaban J connectivity index is 0.00000128. The fourth-order valence-electron chi connectivity index (χ4n) is 2.45. The highest BCUT2D eigenvalue weighted by molar-refractivity contribution is 5.85. The van der Waals surface area contributed by atoms with E-state index in [1.54, 1.807) is 0 Å². The average Bonchev–Trinajstić information content (AvgIpc) is 2.28. The minimum absolute atomic E-state index is 0. The molecule has 1 aromatic carbocycles. The monoisotopic (exact) mass is 239 g/mol. The van der Waals surface area contributed by atoms with Gasteiger partial charge in [0.15, 0.2) is 0 Å². The molecule has 1 nitrogen and oxygen atoms in total. The second kappa shape index (κ2) is 6.93. The number of piperidine rings is 1. The Morgan fingerprint density at radius 3 is 2.62 bits per heavy atom. The number of hydrogen-bond acceptors (Lipinski definition) is 1. The van der Waals surface area contributed by atoms with Crippen molar-refractivity contribution in [3.8, 4) is 0 Å². The van der Waals surface area contributed by atoms with Crippen LogP contribution in [0.3, 0.4) is 0 Å². The van der Waals surface area contributed by atoms with E-state index in [0.29, 0.717) is 0 Å². The summed E-state index contributed by atoms with van der Waals surface area (Å²) in [6.45, 7) is 2.30. The minimum atomic E-state index is 0. The molecule has 1 saturated heterocycles. The van der Waals surface area contributed by atoms with E-state index >= 15 is 0 Å². The second-order valence-electron chi connectivity index (χ2n) is 4.72. The number of nitrogens with one attached hydrogen (secondary N) is 1. The van der Waals surface area contributed by atoms with Crippen LogP contribution in [-0.4, -0.2) is 12.1 Å². The predicted molar refractivity (Wildman–Crippen MR) is 72.2 cm³/mol. The second-order valence-corrected chi connectivity index (χ2v) is 4.72. The summed E-state index contributed by atoms with van der Waals surface area (Å²) in [4.78, 5) is 0. The van der Waals surface area contributed by atoms with Crippen molar-refractivity contribution in [2.45, 2.75) is 51.1 Å². The van der Waals surface area contributed by atoms with Gasteiger partial charge < -0.3 is 5.32 Å². The number of halogens is 1. The number of rotatable bonds is 3. The third-order valence-corrected chi connectivity index (χ3v) is 3.33. The van der Waals surface area contributed by atoms with Gasteiger partial charge in [0, 0.05) is 12.1 Å². The zero-order chi connectivity index (χ0) is 10.5. The Morgan fingerprint density at radius 1 is 1.19 bits per heavy atom. The summed E-state index contributed by atoms with van der Waals surface area (Å²) in [6, 6.07) is 12.3. The summed E-state index contributed by atoms with van der Waals surface area (Å²) in [5.41, 5.74) is 1.47. The van der Waals surface area contributed by atoms with Gasteiger partial charge in [0.25, 0.3) is 0 Å². The Labute approximate surface area is 105 Å². The van der Waals surface area contributed by atoms with Gasteiger partial charge in [0.2, 0.25) is 0 Å². The van der Waals surface area contributed by atoms with Crippen molar-refractivity contribution < 1.29 is 0 Å². The van der Waals surface area contributed by atoms with Crippen molar-refractivity contribution in [1.29, 1.82) is 0 Å². The molecule has 1 fully saturated rings. The first kappa shape index (κ1) is 13.5. The lowest BCUT2D eigenvalue weighted by atomic mass is 9.95. The van der Waals surface area contributed by atoms with Gasteiger partial charge in [-0.25, -0.2) is 0 Å². The molecule has 0 aromatic heterocycles. The zero-order valence-corrected chi connectivity index (χ0v) is 10.8. The summed E-state index contributed by atoms with van der Waals surface area (Å²) < 4.78 is 0. The summed E-state index contributed by atoms with van der Waals surface area (Å²) in [6.07, 6.45) is 6.60. The molecule has 0 aliphatic carbocycles. The van der Waals surface area contributed by atoms with Crippen LogP contribution in [0.5, 0.6) is 0 Å². The van der Waals surface area contributed by atoms with Crippen LogP contribution in [-0.2, 0) is 6.42 Å². The normalized spacial score (nSPS) is 24.8. The molecular weight excluding hydrogens is 218 g/mol. The standard InChI is InChI=1S/C14H21N.ClH/c1-12-6-5-9-14(15-12)11-10-13-7-3-2-4-8-13;/h2-4,7-8,12,14-15H,5-6,9-11H2,1H3;1H/t12-,14+;/m1./s1. The highest BCUT2D eigenvalue weighted by Crippen LogP contribution is 2.16. The molecule has 2 atom stereocenters. The Morgan fingerprint density at radius 2 is 1.94 bits per heavy atom. The Kier molecular flexibility index (Phi) is 5.86. The van der Waals surface area contributed by atoms with Gasteiger partial charge in [0.05, 0.1) is 0 Å². The molecule has 1 N–H and O–H groups in total. The maximum atomic E-state index is 3.69. The molecule has 1 aromatic rings. The molecule has 1 aliphatic rings. The van der Waals surface area contributed by atoms with Crippen molar-refractivity contribution in [2.24, 2.45) is 0 Å². The van der Waals surface area contributed by atoms with Gasteiger partial charge >= 0.3 is 0 Å². The van der Waals surface area contributed by atoms with E-state index in [4.69, 9.17) is 0 Å². The van der Waals surface area contributed by atoms with Crippen LogP contribution in [0.4, 0.5) is 0 Å². The first-order chi connectivity index (χ1) is 7.34. The smallest absolute Gasteiger partial charge is 0.00727 e. The van der Waals surface area contributed by atoms with E-state index in [9.17, 15) is 0 Å². The van der Waals surface area contributed by atoms with Gasteiger partial charge in [-0.3, -0.25) is 0 Å². The van der Waals surface area contributed by atoms with Gasteiger partial charge in [-0.1, -0.05) is 36.8 Å². The van der Waals surface area contributed by atoms with E-state index in [2.05, 4.69) is 42.6 Å². The molecule has 0 saturated carbocycles. The van der Waals surface area contributed by atoms with E-state index in [-0.39, 0.29) is 12.4 Å². The SMILES string of the molecule is C[C@@H]1CCC[C@@H](CCc2ccccc2)N1.Cl. The van der Waals surface area contributed by atoms with Crippen molar-refractivity contribution >= 4 is 12.4 Å². The van der Waals surface area contributed by atoms with E-state index in [1.807, 2.05) is 0 Å². The van der Waals surface area contributed by atoms with Crippen LogP contribution >= 0.6 is 12.4 Å². The van der Waals surface area contributed by atoms with Crippen LogP contribution < -0.4 is 5.32 Å². The lowest BCUT2D eigenvalue weighted by Gasteiger charge is -2.28. The largest absolute Gasteiger partial charge is 0.311 e. The molecule has 0 amide bonds. The van der Waals surface area contributed by atoms with Crippen molar-refractivity contribution in [3.05, 3.63) is 35.9 Å². The highest BCUT2D eigenvalue weighted by Gasteiger charge is 2.16. The average molecular weight is 240 g/mol. The molecule has 2 rings (SSSR count).